The Bertz CT molecular complexity index is 960. The molecule has 0 atom stereocenters. The van der Waals surface area contributed by atoms with Crippen LogP contribution in [0.4, 0.5) is 0 Å². The molecule has 0 aliphatic rings. The molecule has 0 bridgehead atoms. The number of rotatable bonds is 4. The number of ether oxygens (including phenoxy) is 1. The van der Waals surface area contributed by atoms with Crippen LogP contribution in [0.5, 0.6) is 5.75 Å². The maximum atomic E-state index is 5.80. The Balaban J connectivity index is 1.52. The second-order valence-corrected chi connectivity index (χ2v) is 7.42. The molecule has 0 amide bonds. The quantitative estimate of drug-likeness (QED) is 0.478. The molecule has 4 aromatic rings. The van der Waals surface area contributed by atoms with Crippen LogP contribution < -0.4 is 4.74 Å². The normalized spacial score (nSPS) is 11.1. The molecule has 6 heteroatoms. The van der Waals surface area contributed by atoms with Gasteiger partial charge in [0.1, 0.15) is 12.4 Å². The first-order valence-corrected chi connectivity index (χ1v) is 9.09. The molecular formula is C18H14BrN3OS. The van der Waals surface area contributed by atoms with Gasteiger partial charge in [-0.1, -0.05) is 51.5 Å². The van der Waals surface area contributed by atoms with Gasteiger partial charge >= 0.3 is 0 Å². The van der Waals surface area contributed by atoms with Gasteiger partial charge in [0, 0.05) is 10.0 Å². The van der Waals surface area contributed by atoms with Crippen molar-refractivity contribution in [3.8, 4) is 17.0 Å². The summed E-state index contributed by atoms with van der Waals surface area (Å²) >= 11 is 4.99. The predicted octanol–water partition coefficient (Wildman–Crippen LogP) is 5.11. The van der Waals surface area contributed by atoms with E-state index >= 15 is 0 Å². The molecule has 0 saturated carbocycles. The fourth-order valence-electron chi connectivity index (χ4n) is 2.41. The minimum atomic E-state index is 0.450. The average Bonchev–Trinajstić information content (AvgIpc) is 3.12. The number of hydrogen-bond donors (Lipinski definition) is 0. The van der Waals surface area contributed by atoms with Gasteiger partial charge in [0.2, 0.25) is 4.96 Å². The van der Waals surface area contributed by atoms with Crippen molar-refractivity contribution in [2.24, 2.45) is 0 Å². The lowest BCUT2D eigenvalue weighted by molar-refractivity contribution is 0.304. The van der Waals surface area contributed by atoms with Crippen LogP contribution in [0, 0.1) is 6.92 Å². The first kappa shape index (κ1) is 15.4. The molecule has 0 spiro atoms. The monoisotopic (exact) mass is 399 g/mol. The van der Waals surface area contributed by atoms with E-state index in [0.29, 0.717) is 6.61 Å². The molecule has 0 aliphatic carbocycles. The molecule has 0 saturated heterocycles. The highest BCUT2D eigenvalue weighted by molar-refractivity contribution is 9.10. The van der Waals surface area contributed by atoms with Crippen LogP contribution in [0.2, 0.25) is 0 Å². The highest BCUT2D eigenvalue weighted by Gasteiger charge is 2.10. The molecule has 120 valence electrons. The maximum Gasteiger partial charge on any atom is 0.212 e. The molecule has 0 aliphatic heterocycles. The van der Waals surface area contributed by atoms with Crippen LogP contribution in [0.3, 0.4) is 0 Å². The van der Waals surface area contributed by atoms with Crippen molar-refractivity contribution in [3.05, 3.63) is 69.8 Å². The molecular weight excluding hydrogens is 386 g/mol. The van der Waals surface area contributed by atoms with Crippen molar-refractivity contribution in [1.29, 1.82) is 0 Å². The van der Waals surface area contributed by atoms with Gasteiger partial charge in [0.25, 0.3) is 0 Å². The molecule has 4 nitrogen and oxygen atoms in total. The number of benzene rings is 2. The van der Waals surface area contributed by atoms with Crippen molar-refractivity contribution in [1.82, 2.24) is 14.6 Å². The molecule has 24 heavy (non-hydrogen) atoms. The molecule has 2 heterocycles. The van der Waals surface area contributed by atoms with E-state index in [4.69, 9.17) is 4.74 Å². The van der Waals surface area contributed by atoms with Gasteiger partial charge in [-0.3, -0.25) is 0 Å². The standard InChI is InChI=1S/C18H14BrN3OS/c1-12-3-2-4-15(9-12)23-11-17-21-22-10-16(20-18(22)24-17)13-5-7-14(19)8-6-13/h2-10H,11H2,1H3. The fraction of sp³-hybridized carbons (Fsp3) is 0.111. The molecule has 2 aromatic heterocycles. The van der Waals surface area contributed by atoms with E-state index in [1.165, 1.54) is 5.56 Å². The number of aryl methyl sites for hydroxylation is 1. The Morgan fingerprint density at radius 2 is 2.00 bits per heavy atom. The second kappa shape index (κ2) is 6.37. The maximum absolute atomic E-state index is 5.80. The summed E-state index contributed by atoms with van der Waals surface area (Å²) in [5.74, 6) is 0.860. The van der Waals surface area contributed by atoms with Crippen molar-refractivity contribution in [2.45, 2.75) is 13.5 Å². The first-order valence-electron chi connectivity index (χ1n) is 7.48. The fourth-order valence-corrected chi connectivity index (χ4v) is 3.46. The number of aromatic nitrogens is 3. The Hall–Kier alpha value is -2.18. The van der Waals surface area contributed by atoms with Crippen LogP contribution in [0.1, 0.15) is 10.6 Å². The summed E-state index contributed by atoms with van der Waals surface area (Å²) in [6, 6.07) is 16.1. The van der Waals surface area contributed by atoms with E-state index < -0.39 is 0 Å². The summed E-state index contributed by atoms with van der Waals surface area (Å²) in [6.45, 7) is 2.50. The predicted molar refractivity (Wildman–Crippen MR) is 99.5 cm³/mol. The third-order valence-electron chi connectivity index (χ3n) is 3.58. The van der Waals surface area contributed by atoms with Crippen LogP contribution in [0.25, 0.3) is 16.2 Å². The van der Waals surface area contributed by atoms with Gasteiger partial charge in [-0.05, 0) is 36.8 Å². The zero-order chi connectivity index (χ0) is 16.5. The lowest BCUT2D eigenvalue weighted by Gasteiger charge is -2.03. The van der Waals surface area contributed by atoms with Crippen molar-refractivity contribution < 1.29 is 4.74 Å². The van der Waals surface area contributed by atoms with E-state index in [0.717, 1.165) is 31.4 Å². The Morgan fingerprint density at radius 3 is 2.75 bits per heavy atom. The largest absolute Gasteiger partial charge is 0.486 e. The van der Waals surface area contributed by atoms with Crippen molar-refractivity contribution in [3.63, 3.8) is 0 Å². The number of halogens is 1. The van der Waals surface area contributed by atoms with Gasteiger partial charge in [-0.15, -0.1) is 0 Å². The number of hydrogen-bond acceptors (Lipinski definition) is 4. The Kier molecular flexibility index (Phi) is 4.08. The Labute approximate surface area is 151 Å². The average molecular weight is 400 g/mol. The van der Waals surface area contributed by atoms with E-state index in [1.54, 1.807) is 11.3 Å². The smallest absolute Gasteiger partial charge is 0.212 e. The van der Waals surface area contributed by atoms with Crippen molar-refractivity contribution in [2.75, 3.05) is 0 Å². The summed E-state index contributed by atoms with van der Waals surface area (Å²) in [5.41, 5.74) is 3.18. The zero-order valence-corrected chi connectivity index (χ0v) is 15.3. The van der Waals surface area contributed by atoms with E-state index in [2.05, 4.69) is 26.0 Å². The lowest BCUT2D eigenvalue weighted by Crippen LogP contribution is -1.96. The second-order valence-electron chi connectivity index (χ2n) is 5.46. The minimum absolute atomic E-state index is 0.450. The van der Waals surface area contributed by atoms with Crippen LogP contribution in [-0.4, -0.2) is 14.6 Å². The van der Waals surface area contributed by atoms with Crippen molar-refractivity contribution >= 4 is 32.2 Å². The topological polar surface area (TPSA) is 39.4 Å². The first-order chi connectivity index (χ1) is 11.7. The number of nitrogens with zero attached hydrogens (tertiary/aromatic N) is 3. The van der Waals surface area contributed by atoms with E-state index in [9.17, 15) is 0 Å². The van der Waals surface area contributed by atoms with Gasteiger partial charge in [0.05, 0.1) is 11.9 Å². The Morgan fingerprint density at radius 1 is 1.17 bits per heavy atom. The SMILES string of the molecule is Cc1cccc(OCc2nn3cc(-c4ccc(Br)cc4)nc3s2)c1. The summed E-state index contributed by atoms with van der Waals surface area (Å²) < 4.78 is 8.67. The van der Waals surface area contributed by atoms with E-state index in [-0.39, 0.29) is 0 Å². The van der Waals surface area contributed by atoms with Crippen LogP contribution in [0.15, 0.2) is 59.2 Å². The molecule has 4 rings (SSSR count). The van der Waals surface area contributed by atoms with E-state index in [1.807, 2.05) is 66.2 Å². The van der Waals surface area contributed by atoms with Crippen LogP contribution in [-0.2, 0) is 6.61 Å². The number of fused-ring (bicyclic) bond motifs is 1. The van der Waals surface area contributed by atoms with Gasteiger partial charge < -0.3 is 4.74 Å². The molecule has 2 aromatic carbocycles. The lowest BCUT2D eigenvalue weighted by atomic mass is 10.2. The molecule has 0 unspecified atom stereocenters. The highest BCUT2D eigenvalue weighted by atomic mass is 79.9. The minimum Gasteiger partial charge on any atom is -0.486 e. The molecule has 0 fully saturated rings. The van der Waals surface area contributed by atoms with Gasteiger partial charge in [-0.2, -0.15) is 5.10 Å². The summed E-state index contributed by atoms with van der Waals surface area (Å²) in [7, 11) is 0. The third-order valence-corrected chi connectivity index (χ3v) is 5.00. The third kappa shape index (κ3) is 3.20. The van der Waals surface area contributed by atoms with Gasteiger partial charge in [0.15, 0.2) is 5.01 Å². The van der Waals surface area contributed by atoms with Crippen LogP contribution >= 0.6 is 27.3 Å². The summed E-state index contributed by atoms with van der Waals surface area (Å²) in [6.07, 6.45) is 1.95. The molecule has 0 radical (unpaired) electrons. The van der Waals surface area contributed by atoms with Gasteiger partial charge in [-0.25, -0.2) is 9.50 Å². The summed E-state index contributed by atoms with van der Waals surface area (Å²) in [5, 5.41) is 5.46. The zero-order valence-electron chi connectivity index (χ0n) is 12.9. The summed E-state index contributed by atoms with van der Waals surface area (Å²) in [4.78, 5) is 5.52. The molecule has 0 N–H and O–H groups in total. The number of imidazole rings is 1. The highest BCUT2D eigenvalue weighted by Crippen LogP contribution is 2.24.